The summed E-state index contributed by atoms with van der Waals surface area (Å²) in [6.45, 7) is 7.56. The topological polar surface area (TPSA) is 55.4 Å². The molecular weight excluding hydrogens is 322 g/mol. The van der Waals surface area contributed by atoms with Crippen LogP contribution in [0.3, 0.4) is 0 Å². The molecule has 0 aromatic heterocycles. The predicted octanol–water partition coefficient (Wildman–Crippen LogP) is 3.91. The molecule has 0 aliphatic carbocycles. The molecule has 0 spiro atoms. The quantitative estimate of drug-likeness (QED) is 0.862. The second-order valence-electron chi connectivity index (χ2n) is 6.03. The zero-order valence-corrected chi connectivity index (χ0v) is 15.7. The van der Waals surface area contributed by atoms with Crippen molar-refractivity contribution in [1.29, 1.82) is 0 Å². The van der Waals surface area contributed by atoms with Crippen LogP contribution in [0.25, 0.3) is 0 Å². The molecule has 1 unspecified atom stereocenters. The van der Waals surface area contributed by atoms with Gasteiger partial charge in [0.1, 0.15) is 5.75 Å². The molecule has 0 aliphatic heterocycles. The first kappa shape index (κ1) is 18.5. The van der Waals surface area contributed by atoms with Gasteiger partial charge in [0.25, 0.3) is 0 Å². The highest BCUT2D eigenvalue weighted by atomic mass is 32.2. The molecule has 24 heavy (non-hydrogen) atoms. The molecule has 0 bridgehead atoms. The third-order valence-electron chi connectivity index (χ3n) is 4.20. The van der Waals surface area contributed by atoms with Gasteiger partial charge in [0.05, 0.1) is 12.0 Å². The summed E-state index contributed by atoms with van der Waals surface area (Å²) in [4.78, 5) is 0.290. The Labute approximate surface area is 144 Å². The van der Waals surface area contributed by atoms with E-state index in [4.69, 9.17) is 4.74 Å². The Morgan fingerprint density at radius 1 is 1.08 bits per heavy atom. The van der Waals surface area contributed by atoms with Crippen molar-refractivity contribution < 1.29 is 13.2 Å². The number of hydrogen-bond acceptors (Lipinski definition) is 3. The Morgan fingerprint density at radius 3 is 2.25 bits per heavy atom. The van der Waals surface area contributed by atoms with Gasteiger partial charge in [-0.25, -0.2) is 13.1 Å². The predicted molar refractivity (Wildman–Crippen MR) is 97.0 cm³/mol. The summed E-state index contributed by atoms with van der Waals surface area (Å²) in [5.74, 6) is 0.689. The number of sulfonamides is 1. The van der Waals surface area contributed by atoms with Crippen LogP contribution >= 0.6 is 0 Å². The first-order valence-electron chi connectivity index (χ1n) is 8.05. The monoisotopic (exact) mass is 347 g/mol. The minimum Gasteiger partial charge on any atom is -0.496 e. The second-order valence-corrected chi connectivity index (χ2v) is 7.71. The average Bonchev–Trinajstić information content (AvgIpc) is 2.56. The zero-order valence-electron chi connectivity index (χ0n) is 14.9. The van der Waals surface area contributed by atoms with Crippen molar-refractivity contribution in [3.05, 3.63) is 58.7 Å². The molecular formula is C19H25NO3S. The molecule has 2 aromatic carbocycles. The Kier molecular flexibility index (Phi) is 5.67. The van der Waals surface area contributed by atoms with Crippen LogP contribution in [0.5, 0.6) is 5.75 Å². The highest BCUT2D eigenvalue weighted by Crippen LogP contribution is 2.26. The molecule has 0 fully saturated rings. The molecule has 0 aliphatic rings. The fraction of sp³-hybridized carbons (Fsp3) is 0.368. The van der Waals surface area contributed by atoms with E-state index in [-0.39, 0.29) is 10.9 Å². The van der Waals surface area contributed by atoms with Crippen LogP contribution in [0, 0.1) is 13.8 Å². The van der Waals surface area contributed by atoms with Crippen molar-refractivity contribution in [3.8, 4) is 5.75 Å². The number of hydrogen-bond donors (Lipinski definition) is 1. The minimum absolute atomic E-state index is 0.290. The molecule has 0 radical (unpaired) electrons. The second kappa shape index (κ2) is 7.36. The summed E-state index contributed by atoms with van der Waals surface area (Å²) >= 11 is 0. The Bertz CT molecular complexity index is 811. The number of methoxy groups -OCH3 is 1. The SMILES string of the molecule is CCc1ccc(C(C)NS(=O)(=O)c2cc(C)c(OC)cc2C)cc1. The van der Waals surface area contributed by atoms with Gasteiger partial charge in [-0.1, -0.05) is 31.2 Å². The van der Waals surface area contributed by atoms with E-state index >= 15 is 0 Å². The van der Waals surface area contributed by atoms with Gasteiger partial charge in [-0.15, -0.1) is 0 Å². The third kappa shape index (κ3) is 3.97. The van der Waals surface area contributed by atoms with Crippen LogP contribution in [-0.4, -0.2) is 15.5 Å². The van der Waals surface area contributed by atoms with Crippen molar-refractivity contribution in [1.82, 2.24) is 4.72 Å². The molecule has 1 atom stereocenters. The summed E-state index contributed by atoms with van der Waals surface area (Å²) in [6, 6.07) is 11.1. The smallest absolute Gasteiger partial charge is 0.241 e. The first-order chi connectivity index (χ1) is 11.3. The van der Waals surface area contributed by atoms with Crippen molar-refractivity contribution >= 4 is 10.0 Å². The fourth-order valence-corrected chi connectivity index (χ4v) is 4.22. The zero-order chi connectivity index (χ0) is 17.9. The molecule has 0 heterocycles. The third-order valence-corrected chi connectivity index (χ3v) is 5.88. The lowest BCUT2D eigenvalue weighted by Gasteiger charge is -2.17. The number of aryl methyl sites for hydroxylation is 3. The van der Waals surface area contributed by atoms with Crippen LogP contribution in [0.4, 0.5) is 0 Å². The first-order valence-corrected chi connectivity index (χ1v) is 9.53. The number of rotatable bonds is 6. The Hall–Kier alpha value is -1.85. The van der Waals surface area contributed by atoms with Gasteiger partial charge in [-0.05, 0) is 61.6 Å². The van der Waals surface area contributed by atoms with E-state index in [1.807, 2.05) is 38.1 Å². The van der Waals surface area contributed by atoms with Crippen molar-refractivity contribution in [2.75, 3.05) is 7.11 Å². The Balaban J connectivity index is 2.28. The van der Waals surface area contributed by atoms with Gasteiger partial charge >= 0.3 is 0 Å². The lowest BCUT2D eigenvalue weighted by atomic mass is 10.1. The van der Waals surface area contributed by atoms with Gasteiger partial charge in [0.15, 0.2) is 0 Å². The Morgan fingerprint density at radius 2 is 1.71 bits per heavy atom. The van der Waals surface area contributed by atoms with Crippen LogP contribution < -0.4 is 9.46 Å². The maximum absolute atomic E-state index is 12.8. The molecule has 0 saturated carbocycles. The maximum Gasteiger partial charge on any atom is 0.241 e. The molecule has 1 N–H and O–H groups in total. The summed E-state index contributed by atoms with van der Waals surface area (Å²) in [5.41, 5.74) is 3.64. The van der Waals surface area contributed by atoms with Crippen LogP contribution in [0.15, 0.2) is 41.3 Å². The molecule has 2 aromatic rings. The molecule has 0 amide bonds. The van der Waals surface area contributed by atoms with E-state index in [9.17, 15) is 8.42 Å². The van der Waals surface area contributed by atoms with E-state index < -0.39 is 10.0 Å². The summed E-state index contributed by atoms with van der Waals surface area (Å²) in [6.07, 6.45) is 0.963. The van der Waals surface area contributed by atoms with E-state index in [1.165, 1.54) is 5.56 Å². The minimum atomic E-state index is -3.61. The van der Waals surface area contributed by atoms with Gasteiger partial charge in [-0.2, -0.15) is 0 Å². The van der Waals surface area contributed by atoms with E-state index in [2.05, 4.69) is 11.6 Å². The van der Waals surface area contributed by atoms with Gasteiger partial charge in [0.2, 0.25) is 10.0 Å². The molecule has 130 valence electrons. The normalized spacial score (nSPS) is 12.9. The van der Waals surface area contributed by atoms with Crippen molar-refractivity contribution in [2.45, 2.75) is 45.1 Å². The van der Waals surface area contributed by atoms with Crippen LogP contribution in [0.2, 0.25) is 0 Å². The van der Waals surface area contributed by atoms with E-state index in [1.54, 1.807) is 26.2 Å². The maximum atomic E-state index is 12.8. The summed E-state index contributed by atoms with van der Waals surface area (Å²) < 4.78 is 33.5. The van der Waals surface area contributed by atoms with Crippen molar-refractivity contribution in [2.24, 2.45) is 0 Å². The number of benzene rings is 2. The van der Waals surface area contributed by atoms with E-state index in [0.717, 1.165) is 17.5 Å². The van der Waals surface area contributed by atoms with Gasteiger partial charge < -0.3 is 4.74 Å². The van der Waals surface area contributed by atoms with Gasteiger partial charge in [-0.3, -0.25) is 0 Å². The van der Waals surface area contributed by atoms with Gasteiger partial charge in [0, 0.05) is 6.04 Å². The van der Waals surface area contributed by atoms with Crippen LogP contribution in [0.1, 0.15) is 42.1 Å². The summed E-state index contributed by atoms with van der Waals surface area (Å²) in [7, 11) is -2.03. The van der Waals surface area contributed by atoms with Crippen molar-refractivity contribution in [3.63, 3.8) is 0 Å². The highest BCUT2D eigenvalue weighted by molar-refractivity contribution is 7.89. The number of ether oxygens (including phenoxy) is 1. The largest absolute Gasteiger partial charge is 0.496 e. The standard InChI is InChI=1S/C19H25NO3S/c1-6-16-7-9-17(10-8-16)15(4)20-24(21,22)19-12-13(2)18(23-5)11-14(19)3/h7-12,15,20H,6H2,1-5H3. The molecule has 0 saturated heterocycles. The molecule has 4 nitrogen and oxygen atoms in total. The highest BCUT2D eigenvalue weighted by Gasteiger charge is 2.21. The molecule has 5 heteroatoms. The average molecular weight is 347 g/mol. The lowest BCUT2D eigenvalue weighted by molar-refractivity contribution is 0.411. The molecule has 2 rings (SSSR count). The number of nitrogens with one attached hydrogen (secondary N) is 1. The summed E-state index contributed by atoms with van der Waals surface area (Å²) in [5, 5.41) is 0. The lowest BCUT2D eigenvalue weighted by Crippen LogP contribution is -2.27. The fourth-order valence-electron chi connectivity index (χ4n) is 2.68. The van der Waals surface area contributed by atoms with E-state index in [0.29, 0.717) is 11.3 Å². The van der Waals surface area contributed by atoms with Crippen LogP contribution in [-0.2, 0) is 16.4 Å².